The van der Waals surface area contributed by atoms with E-state index in [1.54, 1.807) is 23.9 Å². The molecule has 7 heteroatoms. The van der Waals surface area contributed by atoms with E-state index in [1.807, 2.05) is 18.2 Å². The Balaban J connectivity index is 1.82. The second kappa shape index (κ2) is 6.37. The third-order valence-electron chi connectivity index (χ3n) is 3.25. The summed E-state index contributed by atoms with van der Waals surface area (Å²) >= 11 is 7.84. The van der Waals surface area contributed by atoms with Crippen LogP contribution in [0.4, 0.5) is 11.4 Å². The van der Waals surface area contributed by atoms with Crippen molar-refractivity contribution in [1.29, 1.82) is 0 Å². The molecular weight excluding hydrogens is 322 g/mol. The molecule has 0 spiro atoms. The van der Waals surface area contributed by atoms with E-state index in [4.69, 9.17) is 11.6 Å². The Morgan fingerprint density at radius 2 is 2.00 bits per heavy atom. The largest absolute Gasteiger partial charge is 0.278 e. The van der Waals surface area contributed by atoms with E-state index >= 15 is 0 Å². The van der Waals surface area contributed by atoms with E-state index in [2.05, 4.69) is 10.5 Å². The molecule has 0 unspecified atom stereocenters. The van der Waals surface area contributed by atoms with Crippen molar-refractivity contribution in [2.45, 2.75) is 11.3 Å². The molecule has 1 aliphatic rings. The minimum Gasteiger partial charge on any atom is -0.278 e. The second-order valence-corrected chi connectivity index (χ2v) is 6.29. The summed E-state index contributed by atoms with van der Waals surface area (Å²) in [4.78, 5) is 11.4. The fourth-order valence-corrected chi connectivity index (χ4v) is 3.34. The van der Waals surface area contributed by atoms with E-state index in [-0.39, 0.29) is 5.69 Å². The van der Waals surface area contributed by atoms with Crippen LogP contribution in [0.1, 0.15) is 12.0 Å². The molecule has 22 heavy (non-hydrogen) atoms. The molecule has 0 saturated heterocycles. The van der Waals surface area contributed by atoms with Gasteiger partial charge in [-0.1, -0.05) is 11.6 Å². The Morgan fingerprint density at radius 1 is 1.23 bits per heavy atom. The number of hydrogen-bond donors (Lipinski definition) is 1. The van der Waals surface area contributed by atoms with Gasteiger partial charge in [-0.25, -0.2) is 0 Å². The molecule has 3 rings (SSSR count). The number of nitro benzene ring substituents is 1. The van der Waals surface area contributed by atoms with Crippen LogP contribution in [0, 0.1) is 10.1 Å². The number of thioether (sulfide) groups is 1. The van der Waals surface area contributed by atoms with Crippen molar-refractivity contribution in [3.63, 3.8) is 0 Å². The summed E-state index contributed by atoms with van der Waals surface area (Å²) in [6, 6.07) is 12.0. The lowest BCUT2D eigenvalue weighted by atomic mass is 10.1. The highest BCUT2D eigenvalue weighted by Gasteiger charge is 2.16. The molecule has 0 atom stereocenters. The van der Waals surface area contributed by atoms with Gasteiger partial charge in [0.05, 0.1) is 16.3 Å². The number of anilines is 1. The number of rotatable bonds is 3. The third-order valence-corrected chi connectivity index (χ3v) is 4.56. The average Bonchev–Trinajstić information content (AvgIpc) is 2.53. The monoisotopic (exact) mass is 333 g/mol. The first-order chi connectivity index (χ1) is 10.6. The topological polar surface area (TPSA) is 67.5 Å². The zero-order chi connectivity index (χ0) is 15.5. The van der Waals surface area contributed by atoms with Gasteiger partial charge in [0, 0.05) is 39.8 Å². The third kappa shape index (κ3) is 3.23. The minimum atomic E-state index is -0.424. The number of nitrogens with one attached hydrogen (secondary N) is 1. The molecular formula is C15H12ClN3O2S. The van der Waals surface area contributed by atoms with Gasteiger partial charge in [0.2, 0.25) is 0 Å². The molecule has 0 bridgehead atoms. The highest BCUT2D eigenvalue weighted by Crippen LogP contribution is 2.32. The number of fused-ring (bicyclic) bond motifs is 1. The standard InChI is InChI=1S/C15H12ClN3O2S/c16-10-1-6-15-13(9-10)14(7-8-22-15)18-17-11-2-4-12(5-3-11)19(20)21/h1-6,9,17H,7-8H2. The summed E-state index contributed by atoms with van der Waals surface area (Å²) in [6.45, 7) is 0. The number of non-ortho nitro benzene ring substituents is 1. The van der Waals surface area contributed by atoms with Crippen molar-refractivity contribution < 1.29 is 4.92 Å². The van der Waals surface area contributed by atoms with Crippen molar-refractivity contribution in [2.75, 3.05) is 11.2 Å². The maximum atomic E-state index is 10.6. The quantitative estimate of drug-likeness (QED) is 0.660. The molecule has 0 fully saturated rings. The van der Waals surface area contributed by atoms with Crippen molar-refractivity contribution in [3.8, 4) is 0 Å². The second-order valence-electron chi connectivity index (χ2n) is 4.71. The fraction of sp³-hybridized carbons (Fsp3) is 0.133. The summed E-state index contributed by atoms with van der Waals surface area (Å²) in [5, 5.41) is 15.7. The summed E-state index contributed by atoms with van der Waals surface area (Å²) in [5.74, 6) is 0.968. The highest BCUT2D eigenvalue weighted by atomic mass is 35.5. The van der Waals surface area contributed by atoms with Gasteiger partial charge >= 0.3 is 0 Å². The number of nitro groups is 1. The number of halogens is 1. The van der Waals surface area contributed by atoms with Gasteiger partial charge in [0.1, 0.15) is 0 Å². The Kier molecular flexibility index (Phi) is 4.31. The van der Waals surface area contributed by atoms with Crippen molar-refractivity contribution in [3.05, 3.63) is 63.2 Å². The maximum Gasteiger partial charge on any atom is 0.269 e. The van der Waals surface area contributed by atoms with Crippen LogP contribution >= 0.6 is 23.4 Å². The lowest BCUT2D eigenvalue weighted by molar-refractivity contribution is -0.384. The Labute approximate surface area is 136 Å². The zero-order valence-electron chi connectivity index (χ0n) is 11.5. The molecule has 1 N–H and O–H groups in total. The molecule has 0 aromatic heterocycles. The molecule has 2 aromatic rings. The van der Waals surface area contributed by atoms with Crippen molar-refractivity contribution in [2.24, 2.45) is 5.10 Å². The summed E-state index contributed by atoms with van der Waals surface area (Å²) in [6.07, 6.45) is 0.845. The average molecular weight is 334 g/mol. The van der Waals surface area contributed by atoms with E-state index in [9.17, 15) is 10.1 Å². The van der Waals surface area contributed by atoms with Gasteiger partial charge in [-0.05, 0) is 30.3 Å². The van der Waals surface area contributed by atoms with E-state index in [0.717, 1.165) is 23.4 Å². The Bertz CT molecular complexity index is 747. The maximum absolute atomic E-state index is 10.6. The molecule has 0 saturated carbocycles. The van der Waals surface area contributed by atoms with Gasteiger partial charge in [-0.2, -0.15) is 5.10 Å². The predicted octanol–water partition coefficient (Wildman–Crippen LogP) is 4.56. The minimum absolute atomic E-state index is 0.0596. The molecule has 112 valence electrons. The van der Waals surface area contributed by atoms with Crippen LogP contribution in [-0.2, 0) is 0 Å². The van der Waals surface area contributed by atoms with Crippen molar-refractivity contribution >= 4 is 40.4 Å². The fourth-order valence-electron chi connectivity index (χ4n) is 2.15. The van der Waals surface area contributed by atoms with Crippen LogP contribution in [0.3, 0.4) is 0 Å². The lowest BCUT2D eigenvalue weighted by Crippen LogP contribution is -2.11. The number of nitrogens with zero attached hydrogens (tertiary/aromatic N) is 2. The van der Waals surface area contributed by atoms with Crippen LogP contribution < -0.4 is 5.43 Å². The van der Waals surface area contributed by atoms with E-state index in [1.165, 1.54) is 17.0 Å². The smallest absolute Gasteiger partial charge is 0.269 e. The first-order valence-corrected chi connectivity index (χ1v) is 7.99. The van der Waals surface area contributed by atoms with E-state index < -0.39 is 4.92 Å². The lowest BCUT2D eigenvalue weighted by Gasteiger charge is -2.17. The molecule has 0 radical (unpaired) electrons. The number of benzene rings is 2. The molecule has 5 nitrogen and oxygen atoms in total. The predicted molar refractivity (Wildman–Crippen MR) is 90.0 cm³/mol. The first-order valence-electron chi connectivity index (χ1n) is 6.63. The van der Waals surface area contributed by atoms with Gasteiger partial charge in [-0.3, -0.25) is 15.5 Å². The number of hydrogen-bond acceptors (Lipinski definition) is 5. The summed E-state index contributed by atoms with van der Waals surface area (Å²) in [5.41, 5.74) is 5.70. The molecule has 1 aliphatic heterocycles. The summed E-state index contributed by atoms with van der Waals surface area (Å²) in [7, 11) is 0. The first kappa shape index (κ1) is 14.9. The summed E-state index contributed by atoms with van der Waals surface area (Å²) < 4.78 is 0. The van der Waals surface area contributed by atoms with Crippen LogP contribution in [0.15, 0.2) is 52.5 Å². The highest BCUT2D eigenvalue weighted by molar-refractivity contribution is 7.99. The van der Waals surface area contributed by atoms with Crippen LogP contribution in [0.5, 0.6) is 0 Å². The van der Waals surface area contributed by atoms with Crippen LogP contribution in [-0.4, -0.2) is 16.4 Å². The SMILES string of the molecule is O=[N+]([O-])c1ccc(NN=C2CCSc3ccc(Cl)cc32)cc1. The van der Waals surface area contributed by atoms with Crippen LogP contribution in [0.25, 0.3) is 0 Å². The van der Waals surface area contributed by atoms with Gasteiger partial charge in [-0.15, -0.1) is 11.8 Å². The normalized spacial score (nSPS) is 15.4. The van der Waals surface area contributed by atoms with Gasteiger partial charge in [0.15, 0.2) is 0 Å². The zero-order valence-corrected chi connectivity index (χ0v) is 13.0. The van der Waals surface area contributed by atoms with Gasteiger partial charge in [0.25, 0.3) is 5.69 Å². The van der Waals surface area contributed by atoms with Crippen molar-refractivity contribution in [1.82, 2.24) is 0 Å². The Hall–Kier alpha value is -2.05. The molecule has 0 amide bonds. The molecule has 0 aliphatic carbocycles. The Morgan fingerprint density at radius 3 is 2.73 bits per heavy atom. The van der Waals surface area contributed by atoms with Gasteiger partial charge < -0.3 is 0 Å². The number of hydrazone groups is 1. The molecule has 1 heterocycles. The van der Waals surface area contributed by atoms with Crippen LogP contribution in [0.2, 0.25) is 5.02 Å². The van der Waals surface area contributed by atoms with E-state index in [0.29, 0.717) is 10.7 Å². The molecule has 2 aromatic carbocycles.